The van der Waals surface area contributed by atoms with Crippen LogP contribution in [0, 0.1) is 0 Å². The van der Waals surface area contributed by atoms with E-state index >= 15 is 0 Å². The minimum Gasteiger partial charge on any atom is -0.492 e. The highest BCUT2D eigenvalue weighted by Crippen LogP contribution is 2.23. The average Bonchev–Trinajstić information content (AvgIpc) is 2.97. The zero-order chi connectivity index (χ0) is 21.2. The maximum absolute atomic E-state index is 12.3. The van der Waals surface area contributed by atoms with Crippen LogP contribution in [0.3, 0.4) is 0 Å². The summed E-state index contributed by atoms with van der Waals surface area (Å²) in [5, 5.41) is 9.11. The Morgan fingerprint density at radius 1 is 1.10 bits per heavy atom. The second-order valence-electron chi connectivity index (χ2n) is 7.00. The van der Waals surface area contributed by atoms with Crippen molar-refractivity contribution >= 4 is 33.3 Å². The van der Waals surface area contributed by atoms with Crippen molar-refractivity contribution in [2.24, 2.45) is 0 Å². The number of ketones is 1. The molecule has 8 heteroatoms. The van der Waals surface area contributed by atoms with Gasteiger partial charge in [0.25, 0.3) is 0 Å². The highest BCUT2D eigenvalue weighted by Gasteiger charge is 2.29. The molecule has 152 valence electrons. The van der Waals surface area contributed by atoms with Gasteiger partial charge in [-0.1, -0.05) is 11.3 Å². The molecule has 2 aromatic carbocycles. The number of carbonyl (C=O) groups excluding carboxylic acids is 1. The Labute approximate surface area is 171 Å². The van der Waals surface area contributed by atoms with E-state index in [0.29, 0.717) is 23.6 Å². The van der Waals surface area contributed by atoms with Gasteiger partial charge in [-0.15, -0.1) is 0 Å². The molecule has 0 fully saturated rings. The van der Waals surface area contributed by atoms with Crippen LogP contribution in [-0.2, 0) is 11.3 Å². The molecular formula is C21H21NO6S. The quantitative estimate of drug-likeness (QED) is 0.565. The summed E-state index contributed by atoms with van der Waals surface area (Å²) in [5.41, 5.74) is 0.0231. The fraction of sp³-hybridized carbons (Fsp3) is 0.286. The summed E-state index contributed by atoms with van der Waals surface area (Å²) < 4.78 is 13.5. The molecular weight excluding hydrogens is 394 g/mol. The molecule has 0 saturated carbocycles. The summed E-state index contributed by atoms with van der Waals surface area (Å²) in [6, 6.07) is 11.9. The van der Waals surface area contributed by atoms with E-state index in [1.54, 1.807) is 47.0 Å². The molecule has 3 rings (SSSR count). The van der Waals surface area contributed by atoms with Crippen molar-refractivity contribution < 1.29 is 24.2 Å². The first-order chi connectivity index (χ1) is 13.7. The van der Waals surface area contributed by atoms with Crippen molar-refractivity contribution in [2.45, 2.75) is 32.9 Å². The Morgan fingerprint density at radius 3 is 2.38 bits per heavy atom. The number of Topliss-reactive ketones (excluding diaryl/α,β-unsaturated/α-hetero) is 1. The van der Waals surface area contributed by atoms with Crippen LogP contribution in [0.15, 0.2) is 47.3 Å². The topological polar surface area (TPSA) is 94.8 Å². The molecule has 3 aromatic rings. The van der Waals surface area contributed by atoms with E-state index in [0.717, 1.165) is 21.6 Å². The number of hydrogen-bond acceptors (Lipinski definition) is 6. The lowest BCUT2D eigenvalue weighted by atomic mass is 10.1. The Hall–Kier alpha value is -3.13. The fourth-order valence-electron chi connectivity index (χ4n) is 2.69. The lowest BCUT2D eigenvalue weighted by Crippen LogP contribution is -2.37. The highest BCUT2D eigenvalue weighted by atomic mass is 32.1. The first-order valence-corrected chi connectivity index (χ1v) is 9.78. The van der Waals surface area contributed by atoms with Crippen LogP contribution in [0.25, 0.3) is 10.2 Å². The van der Waals surface area contributed by atoms with Gasteiger partial charge in [-0.05, 0) is 63.2 Å². The van der Waals surface area contributed by atoms with Gasteiger partial charge in [0.1, 0.15) is 18.1 Å². The third-order valence-corrected chi connectivity index (χ3v) is 5.31. The Bertz CT molecular complexity index is 1110. The molecule has 1 heterocycles. The SMILES string of the molecule is CC(=O)c1ccc2c(c1)sc(=O)n2CCOc1ccc(OC(C)(C)C(=O)O)cc1. The van der Waals surface area contributed by atoms with Crippen molar-refractivity contribution in [3.8, 4) is 11.5 Å². The average molecular weight is 415 g/mol. The first-order valence-electron chi connectivity index (χ1n) is 8.97. The number of ether oxygens (including phenoxy) is 2. The van der Waals surface area contributed by atoms with Crippen LogP contribution in [0.2, 0.25) is 0 Å². The van der Waals surface area contributed by atoms with E-state index < -0.39 is 11.6 Å². The van der Waals surface area contributed by atoms with Crippen LogP contribution in [0.4, 0.5) is 0 Å². The van der Waals surface area contributed by atoms with Gasteiger partial charge in [0, 0.05) is 5.56 Å². The number of carboxylic acid groups (broad SMARTS) is 1. The van der Waals surface area contributed by atoms with Crippen molar-refractivity contribution in [3.63, 3.8) is 0 Å². The maximum atomic E-state index is 12.3. The molecule has 0 spiro atoms. The third-order valence-electron chi connectivity index (χ3n) is 4.37. The zero-order valence-corrected chi connectivity index (χ0v) is 17.1. The third kappa shape index (κ3) is 4.65. The number of benzene rings is 2. The number of hydrogen-bond donors (Lipinski definition) is 1. The molecule has 0 aliphatic rings. The van der Waals surface area contributed by atoms with Gasteiger partial charge in [-0.2, -0.15) is 0 Å². The van der Waals surface area contributed by atoms with Gasteiger partial charge in [-0.25, -0.2) is 4.79 Å². The lowest BCUT2D eigenvalue weighted by Gasteiger charge is -2.21. The molecule has 0 bridgehead atoms. The van der Waals surface area contributed by atoms with E-state index in [1.165, 1.54) is 20.8 Å². The summed E-state index contributed by atoms with van der Waals surface area (Å²) in [5.74, 6) is -0.0912. The van der Waals surface area contributed by atoms with Crippen LogP contribution in [0.1, 0.15) is 31.1 Å². The molecule has 0 aliphatic heterocycles. The molecule has 1 aromatic heterocycles. The van der Waals surface area contributed by atoms with Crippen molar-refractivity contribution in [2.75, 3.05) is 6.61 Å². The summed E-state index contributed by atoms with van der Waals surface area (Å²) in [7, 11) is 0. The molecule has 0 atom stereocenters. The zero-order valence-electron chi connectivity index (χ0n) is 16.3. The monoisotopic (exact) mass is 415 g/mol. The van der Waals surface area contributed by atoms with Crippen molar-refractivity contribution in [1.82, 2.24) is 4.57 Å². The number of fused-ring (bicyclic) bond motifs is 1. The molecule has 7 nitrogen and oxygen atoms in total. The number of aromatic nitrogens is 1. The fourth-order valence-corrected chi connectivity index (χ4v) is 3.65. The second kappa shape index (κ2) is 8.08. The molecule has 0 aliphatic carbocycles. The largest absolute Gasteiger partial charge is 0.492 e. The van der Waals surface area contributed by atoms with Crippen LogP contribution >= 0.6 is 11.3 Å². The summed E-state index contributed by atoms with van der Waals surface area (Å²) in [6.07, 6.45) is 0. The van der Waals surface area contributed by atoms with Crippen molar-refractivity contribution in [1.29, 1.82) is 0 Å². The van der Waals surface area contributed by atoms with E-state index in [1.807, 2.05) is 0 Å². The number of rotatable bonds is 8. The van der Waals surface area contributed by atoms with Gasteiger partial charge < -0.3 is 14.6 Å². The standard InChI is InChI=1S/C21H21NO6S/c1-13(23)14-4-9-17-18(12-14)29-20(26)22(17)10-11-27-15-5-7-16(8-6-15)28-21(2,3)19(24)25/h4-9,12H,10-11H2,1-3H3,(H,24,25). The van der Waals surface area contributed by atoms with E-state index in [4.69, 9.17) is 14.6 Å². The second-order valence-corrected chi connectivity index (χ2v) is 7.99. The van der Waals surface area contributed by atoms with Gasteiger partial charge in [0.05, 0.1) is 16.8 Å². The summed E-state index contributed by atoms with van der Waals surface area (Å²) in [4.78, 5) is 34.8. The van der Waals surface area contributed by atoms with E-state index in [-0.39, 0.29) is 17.3 Å². The van der Waals surface area contributed by atoms with E-state index in [2.05, 4.69) is 0 Å². The Balaban J connectivity index is 1.64. The van der Waals surface area contributed by atoms with Crippen molar-refractivity contribution in [3.05, 3.63) is 57.7 Å². The Morgan fingerprint density at radius 2 is 1.76 bits per heavy atom. The molecule has 29 heavy (non-hydrogen) atoms. The maximum Gasteiger partial charge on any atom is 0.347 e. The van der Waals surface area contributed by atoms with Gasteiger partial charge >= 0.3 is 10.8 Å². The number of carboxylic acids is 1. The molecule has 0 unspecified atom stereocenters. The Kier molecular flexibility index (Phi) is 5.74. The highest BCUT2D eigenvalue weighted by molar-refractivity contribution is 7.16. The molecule has 0 amide bonds. The van der Waals surface area contributed by atoms with Crippen LogP contribution in [-0.4, -0.2) is 33.6 Å². The number of carbonyl (C=O) groups is 2. The lowest BCUT2D eigenvalue weighted by molar-refractivity contribution is -0.152. The minimum atomic E-state index is -1.33. The smallest absolute Gasteiger partial charge is 0.347 e. The van der Waals surface area contributed by atoms with Crippen LogP contribution < -0.4 is 14.3 Å². The van der Waals surface area contributed by atoms with E-state index in [9.17, 15) is 14.4 Å². The molecule has 0 radical (unpaired) electrons. The number of aliphatic carboxylic acids is 1. The predicted octanol–water partition coefficient (Wildman–Crippen LogP) is 3.59. The van der Waals surface area contributed by atoms with Gasteiger partial charge in [0.2, 0.25) is 0 Å². The minimum absolute atomic E-state index is 0.0400. The number of thiazole rings is 1. The summed E-state index contributed by atoms with van der Waals surface area (Å²) >= 11 is 1.10. The van der Waals surface area contributed by atoms with Gasteiger partial charge in [-0.3, -0.25) is 14.2 Å². The number of nitrogens with zero attached hydrogens (tertiary/aromatic N) is 1. The first kappa shape index (κ1) is 20.6. The molecule has 0 saturated heterocycles. The van der Waals surface area contributed by atoms with Crippen LogP contribution in [0.5, 0.6) is 11.5 Å². The normalized spacial score (nSPS) is 11.4. The predicted molar refractivity (Wildman–Crippen MR) is 110 cm³/mol. The van der Waals surface area contributed by atoms with Gasteiger partial charge in [0.15, 0.2) is 11.4 Å². The summed E-state index contributed by atoms with van der Waals surface area (Å²) in [6.45, 7) is 5.08. The molecule has 1 N–H and O–H groups in total.